The highest BCUT2D eigenvalue weighted by molar-refractivity contribution is 4.90. The van der Waals surface area contributed by atoms with Crippen LogP contribution in [0.25, 0.3) is 0 Å². The van der Waals surface area contributed by atoms with E-state index in [9.17, 15) is 0 Å². The van der Waals surface area contributed by atoms with Gasteiger partial charge in [0.1, 0.15) is 0 Å². The lowest BCUT2D eigenvalue weighted by molar-refractivity contribution is -0.114. The minimum atomic E-state index is 0.182. The van der Waals surface area contributed by atoms with E-state index in [2.05, 4.69) is 5.32 Å². The highest BCUT2D eigenvalue weighted by Crippen LogP contribution is 2.38. The maximum Gasteiger partial charge on any atom is 0.0707 e. The van der Waals surface area contributed by atoms with Gasteiger partial charge < -0.3 is 14.8 Å². The lowest BCUT2D eigenvalue weighted by Gasteiger charge is -2.41. The molecule has 1 aliphatic carbocycles. The second-order valence-corrected chi connectivity index (χ2v) is 3.73. The van der Waals surface area contributed by atoms with Crippen molar-refractivity contribution in [3.8, 4) is 0 Å². The molecule has 0 aliphatic heterocycles. The second kappa shape index (κ2) is 5.58. The molecule has 3 nitrogen and oxygen atoms in total. The Morgan fingerprint density at radius 3 is 2.54 bits per heavy atom. The number of methoxy groups -OCH3 is 1. The smallest absolute Gasteiger partial charge is 0.0707 e. The molecule has 0 saturated heterocycles. The van der Waals surface area contributed by atoms with Crippen LogP contribution in [0.4, 0.5) is 0 Å². The van der Waals surface area contributed by atoms with Crippen molar-refractivity contribution in [2.75, 3.05) is 33.9 Å². The summed E-state index contributed by atoms with van der Waals surface area (Å²) >= 11 is 0. The van der Waals surface area contributed by atoms with E-state index in [1.807, 2.05) is 7.05 Å². The lowest BCUT2D eigenvalue weighted by Crippen LogP contribution is -2.43. The second-order valence-electron chi connectivity index (χ2n) is 3.73. The molecule has 0 heterocycles. The predicted molar refractivity (Wildman–Crippen MR) is 53.0 cm³/mol. The van der Waals surface area contributed by atoms with E-state index in [0.717, 1.165) is 19.6 Å². The summed E-state index contributed by atoms with van der Waals surface area (Å²) in [5.41, 5.74) is 0.182. The Labute approximate surface area is 80.8 Å². The number of hydrogen-bond donors (Lipinski definition) is 1. The van der Waals surface area contributed by atoms with Gasteiger partial charge in [-0.25, -0.2) is 0 Å². The normalized spacial score (nSPS) is 19.8. The Hall–Kier alpha value is -0.120. The summed E-state index contributed by atoms with van der Waals surface area (Å²) in [6, 6.07) is 0. The Morgan fingerprint density at radius 2 is 2.08 bits per heavy atom. The van der Waals surface area contributed by atoms with Gasteiger partial charge in [-0.2, -0.15) is 0 Å². The average molecular weight is 187 g/mol. The van der Waals surface area contributed by atoms with Gasteiger partial charge in [0.2, 0.25) is 0 Å². The molecule has 78 valence electrons. The van der Waals surface area contributed by atoms with E-state index in [4.69, 9.17) is 9.47 Å². The molecule has 0 amide bonds. The average Bonchev–Trinajstić information content (AvgIpc) is 2.08. The summed E-state index contributed by atoms with van der Waals surface area (Å²) in [5, 5.41) is 3.17. The van der Waals surface area contributed by atoms with Crippen LogP contribution < -0.4 is 5.32 Å². The molecule has 1 N–H and O–H groups in total. The fourth-order valence-electron chi connectivity index (χ4n) is 1.73. The third-order valence-corrected chi connectivity index (χ3v) is 2.79. The molecular weight excluding hydrogens is 166 g/mol. The fraction of sp³-hybridized carbons (Fsp3) is 1.00. The van der Waals surface area contributed by atoms with Crippen LogP contribution in [0, 0.1) is 0 Å². The zero-order valence-corrected chi connectivity index (χ0v) is 8.77. The van der Waals surface area contributed by atoms with E-state index in [-0.39, 0.29) is 5.60 Å². The lowest BCUT2D eigenvalue weighted by atomic mass is 9.77. The first-order chi connectivity index (χ1) is 6.33. The summed E-state index contributed by atoms with van der Waals surface area (Å²) in [6.07, 6.45) is 4.89. The van der Waals surface area contributed by atoms with E-state index in [0.29, 0.717) is 6.61 Å². The topological polar surface area (TPSA) is 30.5 Å². The van der Waals surface area contributed by atoms with Crippen molar-refractivity contribution in [1.82, 2.24) is 5.32 Å². The van der Waals surface area contributed by atoms with Gasteiger partial charge in [-0.3, -0.25) is 0 Å². The highest BCUT2D eigenvalue weighted by atomic mass is 16.5. The van der Waals surface area contributed by atoms with E-state index >= 15 is 0 Å². The van der Waals surface area contributed by atoms with Crippen molar-refractivity contribution >= 4 is 0 Å². The SMILES string of the molecule is CNCCC1(OCCOC)CCC1. The first kappa shape index (κ1) is 11.0. The number of rotatable bonds is 7. The highest BCUT2D eigenvalue weighted by Gasteiger charge is 2.36. The molecule has 0 atom stereocenters. The third kappa shape index (κ3) is 3.25. The molecule has 0 aromatic heterocycles. The van der Waals surface area contributed by atoms with Crippen LogP contribution in [-0.2, 0) is 9.47 Å². The minimum Gasteiger partial charge on any atom is -0.382 e. The minimum absolute atomic E-state index is 0.182. The first-order valence-corrected chi connectivity index (χ1v) is 5.10. The summed E-state index contributed by atoms with van der Waals surface area (Å²) in [4.78, 5) is 0. The molecule has 1 fully saturated rings. The fourth-order valence-corrected chi connectivity index (χ4v) is 1.73. The first-order valence-electron chi connectivity index (χ1n) is 5.10. The van der Waals surface area contributed by atoms with Gasteiger partial charge in [-0.1, -0.05) is 0 Å². The van der Waals surface area contributed by atoms with Crippen LogP contribution in [0.15, 0.2) is 0 Å². The van der Waals surface area contributed by atoms with Crippen molar-refractivity contribution in [2.45, 2.75) is 31.3 Å². The molecule has 13 heavy (non-hydrogen) atoms. The Bertz CT molecular complexity index is 135. The van der Waals surface area contributed by atoms with E-state index in [1.165, 1.54) is 19.3 Å². The van der Waals surface area contributed by atoms with Gasteiger partial charge in [0, 0.05) is 7.11 Å². The molecule has 1 saturated carbocycles. The summed E-state index contributed by atoms with van der Waals surface area (Å²) in [5.74, 6) is 0. The van der Waals surface area contributed by atoms with Crippen LogP contribution in [0.3, 0.4) is 0 Å². The molecule has 0 spiro atoms. The number of hydrogen-bond acceptors (Lipinski definition) is 3. The van der Waals surface area contributed by atoms with Gasteiger partial charge in [-0.15, -0.1) is 0 Å². The van der Waals surface area contributed by atoms with Gasteiger partial charge in [-0.05, 0) is 39.3 Å². The molecule has 3 heteroatoms. The standard InChI is InChI=1S/C10H21NO2/c1-11-7-6-10(4-3-5-10)13-9-8-12-2/h11H,3-9H2,1-2H3. The maximum absolute atomic E-state index is 5.84. The molecule has 0 aromatic rings. The van der Waals surface area contributed by atoms with Gasteiger partial charge in [0.15, 0.2) is 0 Å². The van der Waals surface area contributed by atoms with Crippen LogP contribution in [0.1, 0.15) is 25.7 Å². The van der Waals surface area contributed by atoms with Crippen LogP contribution >= 0.6 is 0 Å². The van der Waals surface area contributed by atoms with Crippen LogP contribution in [0.5, 0.6) is 0 Å². The number of nitrogens with one attached hydrogen (secondary N) is 1. The third-order valence-electron chi connectivity index (χ3n) is 2.79. The molecule has 0 radical (unpaired) electrons. The van der Waals surface area contributed by atoms with Gasteiger partial charge in [0.05, 0.1) is 18.8 Å². The molecule has 0 bridgehead atoms. The molecule has 0 unspecified atom stereocenters. The van der Waals surface area contributed by atoms with Crippen molar-refractivity contribution in [1.29, 1.82) is 0 Å². The summed E-state index contributed by atoms with van der Waals surface area (Å²) in [6.45, 7) is 2.49. The predicted octanol–water partition coefficient (Wildman–Crippen LogP) is 1.18. The maximum atomic E-state index is 5.84. The van der Waals surface area contributed by atoms with Crippen molar-refractivity contribution in [3.05, 3.63) is 0 Å². The molecular formula is C10H21NO2. The molecule has 1 rings (SSSR count). The van der Waals surface area contributed by atoms with Crippen molar-refractivity contribution in [3.63, 3.8) is 0 Å². The summed E-state index contributed by atoms with van der Waals surface area (Å²) in [7, 11) is 3.70. The quantitative estimate of drug-likeness (QED) is 0.607. The van der Waals surface area contributed by atoms with Crippen LogP contribution in [-0.4, -0.2) is 39.5 Å². The Morgan fingerprint density at radius 1 is 1.31 bits per heavy atom. The van der Waals surface area contributed by atoms with Crippen molar-refractivity contribution in [2.24, 2.45) is 0 Å². The number of ether oxygens (including phenoxy) is 2. The molecule has 0 aromatic carbocycles. The zero-order valence-electron chi connectivity index (χ0n) is 8.77. The Kier molecular flexibility index (Phi) is 4.70. The zero-order chi connectivity index (χ0) is 9.57. The summed E-state index contributed by atoms with van der Waals surface area (Å²) < 4.78 is 10.8. The van der Waals surface area contributed by atoms with E-state index < -0.39 is 0 Å². The van der Waals surface area contributed by atoms with Crippen LogP contribution in [0.2, 0.25) is 0 Å². The van der Waals surface area contributed by atoms with Gasteiger partial charge >= 0.3 is 0 Å². The van der Waals surface area contributed by atoms with E-state index in [1.54, 1.807) is 7.11 Å². The molecule has 1 aliphatic rings. The monoisotopic (exact) mass is 187 g/mol. The largest absolute Gasteiger partial charge is 0.382 e. The Balaban J connectivity index is 2.15. The van der Waals surface area contributed by atoms with Gasteiger partial charge in [0.25, 0.3) is 0 Å². The van der Waals surface area contributed by atoms with Crippen molar-refractivity contribution < 1.29 is 9.47 Å².